The lowest BCUT2D eigenvalue weighted by molar-refractivity contribution is -0.0679. The van der Waals surface area contributed by atoms with E-state index >= 15 is 0 Å². The number of ether oxygens (including phenoxy) is 2. The molecule has 1 saturated heterocycles. The zero-order valence-corrected chi connectivity index (χ0v) is 14.0. The molecule has 2 atom stereocenters. The molecule has 6 nitrogen and oxygen atoms in total. The topological polar surface area (TPSA) is 58.1 Å². The molecule has 1 aliphatic heterocycles. The monoisotopic (exact) mass is 300 g/mol. The zero-order chi connectivity index (χ0) is 15.5. The average molecular weight is 300 g/mol. The molecule has 6 heteroatoms. The number of hydrogen-bond acceptors (Lipinski definition) is 4. The van der Waals surface area contributed by atoms with Gasteiger partial charge in [0.25, 0.3) is 0 Å². The largest absolute Gasteiger partial charge is 0.383 e. The van der Waals surface area contributed by atoms with Crippen molar-refractivity contribution in [2.45, 2.75) is 39.4 Å². The van der Waals surface area contributed by atoms with E-state index in [-0.39, 0.29) is 0 Å². The Bertz CT molecular complexity index is 289. The predicted octanol–water partition coefficient (Wildman–Crippen LogP) is 0.687. The first kappa shape index (κ1) is 18.2. The smallest absolute Gasteiger partial charge is 0.191 e. The molecular formula is C15H32N4O2. The Kier molecular flexibility index (Phi) is 9.37. The highest BCUT2D eigenvalue weighted by atomic mass is 16.5. The van der Waals surface area contributed by atoms with Crippen molar-refractivity contribution in [2.75, 3.05) is 53.0 Å². The molecule has 0 aromatic rings. The summed E-state index contributed by atoms with van der Waals surface area (Å²) in [6.45, 7) is 12.7. The Hall–Kier alpha value is -0.850. The van der Waals surface area contributed by atoms with Crippen molar-refractivity contribution in [1.82, 2.24) is 15.5 Å². The van der Waals surface area contributed by atoms with E-state index in [4.69, 9.17) is 9.47 Å². The van der Waals surface area contributed by atoms with E-state index in [1.54, 1.807) is 7.11 Å². The summed E-state index contributed by atoms with van der Waals surface area (Å²) in [7, 11) is 1.70. The molecule has 0 spiro atoms. The number of guanidine groups is 1. The van der Waals surface area contributed by atoms with Crippen molar-refractivity contribution >= 4 is 5.96 Å². The number of nitrogens with zero attached hydrogens (tertiary/aromatic N) is 2. The second-order valence-electron chi connectivity index (χ2n) is 5.55. The third kappa shape index (κ3) is 8.24. The normalized spacial score (nSPS) is 24.1. The fourth-order valence-electron chi connectivity index (χ4n) is 2.57. The highest BCUT2D eigenvalue weighted by Gasteiger charge is 2.21. The Labute approximate surface area is 129 Å². The van der Waals surface area contributed by atoms with Gasteiger partial charge >= 0.3 is 0 Å². The predicted molar refractivity (Wildman–Crippen MR) is 86.9 cm³/mol. The second kappa shape index (κ2) is 10.8. The van der Waals surface area contributed by atoms with Gasteiger partial charge in [0.15, 0.2) is 5.96 Å². The number of hydrogen-bond donors (Lipinski definition) is 2. The van der Waals surface area contributed by atoms with Crippen LogP contribution in [0.15, 0.2) is 4.99 Å². The Morgan fingerprint density at radius 1 is 1.29 bits per heavy atom. The van der Waals surface area contributed by atoms with Crippen LogP contribution in [0.2, 0.25) is 0 Å². The molecule has 0 amide bonds. The summed E-state index contributed by atoms with van der Waals surface area (Å²) in [6.07, 6.45) is 1.75. The van der Waals surface area contributed by atoms with Crippen LogP contribution in [-0.2, 0) is 9.47 Å². The molecule has 1 rings (SSSR count). The Balaban J connectivity index is 2.23. The fourth-order valence-corrected chi connectivity index (χ4v) is 2.57. The molecule has 2 unspecified atom stereocenters. The van der Waals surface area contributed by atoms with Crippen molar-refractivity contribution < 1.29 is 9.47 Å². The van der Waals surface area contributed by atoms with Crippen molar-refractivity contribution in [3.63, 3.8) is 0 Å². The lowest BCUT2D eigenvalue weighted by atomic mass is 10.2. The summed E-state index contributed by atoms with van der Waals surface area (Å²) < 4.78 is 10.8. The van der Waals surface area contributed by atoms with Gasteiger partial charge in [-0.15, -0.1) is 0 Å². The van der Waals surface area contributed by atoms with Gasteiger partial charge in [-0.3, -0.25) is 9.89 Å². The van der Waals surface area contributed by atoms with E-state index in [0.717, 1.165) is 51.6 Å². The molecule has 1 heterocycles. The summed E-state index contributed by atoms with van der Waals surface area (Å²) in [5.74, 6) is 0.873. The van der Waals surface area contributed by atoms with Gasteiger partial charge < -0.3 is 20.1 Å². The third-order valence-corrected chi connectivity index (χ3v) is 3.34. The zero-order valence-electron chi connectivity index (χ0n) is 14.0. The summed E-state index contributed by atoms with van der Waals surface area (Å²) >= 11 is 0. The van der Waals surface area contributed by atoms with Gasteiger partial charge in [0.1, 0.15) is 0 Å². The molecule has 1 fully saturated rings. The van der Waals surface area contributed by atoms with Gasteiger partial charge in [0, 0.05) is 46.4 Å². The number of nitrogens with one attached hydrogen (secondary N) is 2. The third-order valence-electron chi connectivity index (χ3n) is 3.34. The molecular weight excluding hydrogens is 268 g/mol. The van der Waals surface area contributed by atoms with E-state index in [1.165, 1.54) is 0 Å². The van der Waals surface area contributed by atoms with E-state index in [1.807, 2.05) is 0 Å². The van der Waals surface area contributed by atoms with Gasteiger partial charge in [-0.2, -0.15) is 0 Å². The van der Waals surface area contributed by atoms with Gasteiger partial charge in [-0.05, 0) is 27.2 Å². The van der Waals surface area contributed by atoms with Crippen molar-refractivity contribution in [1.29, 1.82) is 0 Å². The Morgan fingerprint density at radius 2 is 2.00 bits per heavy atom. The molecule has 0 aromatic heterocycles. The first-order valence-corrected chi connectivity index (χ1v) is 8.04. The van der Waals surface area contributed by atoms with Crippen LogP contribution in [0.1, 0.15) is 27.2 Å². The van der Waals surface area contributed by atoms with Crippen LogP contribution in [0.25, 0.3) is 0 Å². The molecule has 0 bridgehead atoms. The van der Waals surface area contributed by atoms with Crippen LogP contribution >= 0.6 is 0 Å². The molecule has 124 valence electrons. The highest BCUT2D eigenvalue weighted by Crippen LogP contribution is 2.10. The average Bonchev–Trinajstić information content (AvgIpc) is 2.42. The van der Waals surface area contributed by atoms with Crippen LogP contribution in [-0.4, -0.2) is 76.1 Å². The van der Waals surface area contributed by atoms with E-state index in [9.17, 15) is 0 Å². The number of rotatable bonds is 8. The van der Waals surface area contributed by atoms with Crippen LogP contribution in [0.4, 0.5) is 0 Å². The SMILES string of the molecule is CCNC(=NCCCN1CC(C)OC(C)C1)NCCOC. The number of aliphatic imine (C=N–C) groups is 1. The summed E-state index contributed by atoms with van der Waals surface area (Å²) in [4.78, 5) is 7.06. The van der Waals surface area contributed by atoms with Gasteiger partial charge in [-0.1, -0.05) is 0 Å². The van der Waals surface area contributed by atoms with Crippen molar-refractivity contribution in [3.05, 3.63) is 0 Å². The van der Waals surface area contributed by atoms with Crippen molar-refractivity contribution in [3.8, 4) is 0 Å². The van der Waals surface area contributed by atoms with Crippen LogP contribution in [0.5, 0.6) is 0 Å². The van der Waals surface area contributed by atoms with Crippen LogP contribution in [0, 0.1) is 0 Å². The molecule has 0 aliphatic carbocycles. The van der Waals surface area contributed by atoms with Gasteiger partial charge in [-0.25, -0.2) is 0 Å². The molecule has 2 N–H and O–H groups in total. The maximum atomic E-state index is 5.75. The standard InChI is InChI=1S/C15H32N4O2/c1-5-16-15(18-8-10-20-4)17-7-6-9-19-11-13(2)21-14(3)12-19/h13-14H,5-12H2,1-4H3,(H2,16,17,18). The molecule has 0 aromatic carbocycles. The minimum Gasteiger partial charge on any atom is -0.383 e. The van der Waals surface area contributed by atoms with Crippen LogP contribution < -0.4 is 10.6 Å². The molecule has 0 saturated carbocycles. The van der Waals surface area contributed by atoms with Gasteiger partial charge in [0.05, 0.1) is 18.8 Å². The summed E-state index contributed by atoms with van der Waals surface area (Å²) in [5.41, 5.74) is 0. The van der Waals surface area contributed by atoms with E-state index < -0.39 is 0 Å². The highest BCUT2D eigenvalue weighted by molar-refractivity contribution is 5.79. The summed E-state index contributed by atoms with van der Waals surface area (Å²) in [6, 6.07) is 0. The minimum atomic E-state index is 0.338. The van der Waals surface area contributed by atoms with E-state index in [2.05, 4.69) is 41.3 Å². The summed E-state index contributed by atoms with van der Waals surface area (Å²) in [5, 5.41) is 6.50. The first-order valence-electron chi connectivity index (χ1n) is 8.04. The fraction of sp³-hybridized carbons (Fsp3) is 0.933. The number of methoxy groups -OCH3 is 1. The van der Waals surface area contributed by atoms with E-state index in [0.29, 0.717) is 18.8 Å². The van der Waals surface area contributed by atoms with Crippen LogP contribution in [0.3, 0.4) is 0 Å². The molecule has 0 radical (unpaired) electrons. The van der Waals surface area contributed by atoms with Crippen molar-refractivity contribution in [2.24, 2.45) is 4.99 Å². The van der Waals surface area contributed by atoms with Gasteiger partial charge in [0.2, 0.25) is 0 Å². The maximum absolute atomic E-state index is 5.75. The first-order chi connectivity index (χ1) is 10.2. The lowest BCUT2D eigenvalue weighted by Gasteiger charge is -2.35. The molecule has 1 aliphatic rings. The quantitative estimate of drug-likeness (QED) is 0.392. The molecule has 21 heavy (non-hydrogen) atoms. The number of morpholine rings is 1. The minimum absolute atomic E-state index is 0.338. The maximum Gasteiger partial charge on any atom is 0.191 e. The Morgan fingerprint density at radius 3 is 2.62 bits per heavy atom. The second-order valence-corrected chi connectivity index (χ2v) is 5.55. The lowest BCUT2D eigenvalue weighted by Crippen LogP contribution is -2.45.